The van der Waals surface area contributed by atoms with Crippen molar-refractivity contribution in [2.24, 2.45) is 5.92 Å². The van der Waals surface area contributed by atoms with Gasteiger partial charge >= 0.3 is 13.7 Å². The van der Waals surface area contributed by atoms with Gasteiger partial charge in [-0.25, -0.2) is 9.78 Å². The number of carbonyl (C=O) groups excluding carboxylic acids is 4. The molecule has 258 valence electrons. The van der Waals surface area contributed by atoms with Gasteiger partial charge in [-0.3, -0.25) is 23.8 Å². The second-order valence-corrected chi connectivity index (χ2v) is 14.0. The number of rotatable bonds is 15. The van der Waals surface area contributed by atoms with Gasteiger partial charge in [0, 0.05) is 31.3 Å². The van der Waals surface area contributed by atoms with Crippen molar-refractivity contribution in [1.29, 1.82) is 0 Å². The average molecular weight is 683 g/mol. The molecule has 3 aromatic rings. The SMILES string of the molecule is CC(C)CC(NC(=O)[C@H](Cc1cnc[nH]1)NC(=O)[C@H](Cc1ccccc1)NC(=O)[C@H]1CCCN1C(=O)OCc1ccccc1)P(=O)(O)O. The smallest absolute Gasteiger partial charge is 0.410 e. The molecule has 4 amide bonds. The molecule has 1 aliphatic rings. The van der Waals surface area contributed by atoms with E-state index >= 15 is 0 Å². The van der Waals surface area contributed by atoms with Crippen molar-refractivity contribution >= 4 is 31.4 Å². The lowest BCUT2D eigenvalue weighted by Crippen LogP contribution is -2.58. The van der Waals surface area contributed by atoms with E-state index in [1.165, 1.54) is 17.4 Å². The number of nitrogens with one attached hydrogen (secondary N) is 4. The average Bonchev–Trinajstić information content (AvgIpc) is 3.76. The highest BCUT2D eigenvalue weighted by Gasteiger charge is 2.38. The van der Waals surface area contributed by atoms with Gasteiger partial charge in [0.1, 0.15) is 30.5 Å². The van der Waals surface area contributed by atoms with Crippen LogP contribution in [0.1, 0.15) is 49.9 Å². The first-order valence-electron chi connectivity index (χ1n) is 15.9. The molecule has 0 bridgehead atoms. The second-order valence-electron chi connectivity index (χ2n) is 12.2. The van der Waals surface area contributed by atoms with E-state index in [0.29, 0.717) is 25.1 Å². The Hall–Kier alpha value is -4.52. The Morgan fingerprint density at radius 1 is 0.938 bits per heavy atom. The number of H-pyrrole nitrogens is 1. The summed E-state index contributed by atoms with van der Waals surface area (Å²) in [5.41, 5.74) is 2.03. The maximum Gasteiger partial charge on any atom is 0.410 e. The number of likely N-dealkylation sites (tertiary alicyclic amines) is 1. The molecule has 1 fully saturated rings. The lowest BCUT2D eigenvalue weighted by molar-refractivity contribution is -0.133. The Morgan fingerprint density at radius 2 is 1.56 bits per heavy atom. The highest BCUT2D eigenvalue weighted by atomic mass is 31.2. The van der Waals surface area contributed by atoms with Crippen molar-refractivity contribution in [3.8, 4) is 0 Å². The first kappa shape index (κ1) is 36.3. The van der Waals surface area contributed by atoms with Crippen molar-refractivity contribution in [1.82, 2.24) is 30.8 Å². The maximum atomic E-state index is 13.9. The highest BCUT2D eigenvalue weighted by Crippen LogP contribution is 2.42. The number of carbonyl (C=O) groups is 4. The lowest BCUT2D eigenvalue weighted by Gasteiger charge is -2.28. The topological polar surface area (TPSA) is 203 Å². The molecule has 2 aromatic carbocycles. The van der Waals surface area contributed by atoms with E-state index in [2.05, 4.69) is 25.9 Å². The Bertz CT molecular complexity index is 1550. The van der Waals surface area contributed by atoms with E-state index in [9.17, 15) is 33.5 Å². The van der Waals surface area contributed by atoms with Crippen LogP contribution in [-0.4, -0.2) is 78.9 Å². The molecule has 4 rings (SSSR count). The Balaban J connectivity index is 1.51. The van der Waals surface area contributed by atoms with E-state index in [4.69, 9.17) is 4.74 Å². The largest absolute Gasteiger partial charge is 0.445 e. The quantitative estimate of drug-likeness (QED) is 0.130. The second kappa shape index (κ2) is 17.0. The third-order valence-corrected chi connectivity index (χ3v) is 9.08. The number of aromatic nitrogens is 2. The van der Waals surface area contributed by atoms with Crippen molar-refractivity contribution in [2.45, 2.75) is 76.5 Å². The summed E-state index contributed by atoms with van der Waals surface area (Å²) in [6.45, 7) is 3.89. The number of aromatic amines is 1. The van der Waals surface area contributed by atoms with Crippen LogP contribution >= 0.6 is 7.60 Å². The van der Waals surface area contributed by atoms with E-state index in [-0.39, 0.29) is 31.8 Å². The van der Waals surface area contributed by atoms with Gasteiger partial charge in [-0.2, -0.15) is 0 Å². The van der Waals surface area contributed by atoms with Crippen molar-refractivity contribution in [3.05, 3.63) is 90.0 Å². The Labute approximate surface area is 279 Å². The zero-order valence-corrected chi connectivity index (χ0v) is 27.8. The molecule has 1 aromatic heterocycles. The fraction of sp³-hybridized carbons (Fsp3) is 0.424. The van der Waals surface area contributed by atoms with Gasteiger partial charge in [0.25, 0.3) is 0 Å². The van der Waals surface area contributed by atoms with Gasteiger partial charge in [0.2, 0.25) is 17.7 Å². The number of hydrogen-bond acceptors (Lipinski definition) is 7. The van der Waals surface area contributed by atoms with E-state index in [1.807, 2.05) is 36.4 Å². The molecule has 6 N–H and O–H groups in total. The molecule has 0 radical (unpaired) electrons. The van der Waals surface area contributed by atoms with Crippen LogP contribution in [0.15, 0.2) is 73.2 Å². The summed E-state index contributed by atoms with van der Waals surface area (Å²) in [5.74, 6) is -3.64. The molecule has 0 spiro atoms. The predicted octanol–water partition coefficient (Wildman–Crippen LogP) is 2.63. The van der Waals surface area contributed by atoms with Gasteiger partial charge in [0.15, 0.2) is 0 Å². The summed E-state index contributed by atoms with van der Waals surface area (Å²) in [6, 6.07) is 14.8. The van der Waals surface area contributed by atoms with Gasteiger partial charge in [-0.05, 0) is 36.3 Å². The zero-order chi connectivity index (χ0) is 34.7. The van der Waals surface area contributed by atoms with Crippen molar-refractivity contribution < 1.29 is 38.3 Å². The van der Waals surface area contributed by atoms with Crippen LogP contribution in [0.2, 0.25) is 0 Å². The van der Waals surface area contributed by atoms with Gasteiger partial charge < -0.3 is 35.5 Å². The number of imidazole rings is 1. The minimum absolute atomic E-state index is 0.0130. The maximum absolute atomic E-state index is 13.9. The van der Waals surface area contributed by atoms with Crippen LogP contribution in [0.5, 0.6) is 0 Å². The molecule has 0 aliphatic carbocycles. The van der Waals surface area contributed by atoms with E-state index in [1.54, 1.807) is 38.1 Å². The van der Waals surface area contributed by atoms with E-state index in [0.717, 1.165) is 11.1 Å². The molecule has 15 heteroatoms. The summed E-state index contributed by atoms with van der Waals surface area (Å²) >= 11 is 0. The molecule has 14 nitrogen and oxygen atoms in total. The van der Waals surface area contributed by atoms with Crippen LogP contribution in [0.4, 0.5) is 4.79 Å². The molecule has 1 saturated heterocycles. The predicted molar refractivity (Wildman–Crippen MR) is 176 cm³/mol. The van der Waals surface area contributed by atoms with Crippen LogP contribution in [-0.2, 0) is 43.1 Å². The molecule has 4 atom stereocenters. The third-order valence-electron chi connectivity index (χ3n) is 7.93. The first-order chi connectivity index (χ1) is 22.9. The standard InChI is InChI=1S/C33H43N6O8P/c1-22(2)16-29(48(44,45)46)38-31(41)27(18-25-19-34-21-35-25)36-30(40)26(17-23-10-5-3-6-11-23)37-32(42)28-14-9-15-39(28)33(43)47-20-24-12-7-4-8-13-24/h3-8,10-13,19,21-22,26-29H,9,14-18,20H2,1-2H3,(H,34,35)(H,36,40)(H,37,42)(H,38,41)(H2,44,45,46)/t26-,27-,28+,29?/m0/s1. The minimum Gasteiger partial charge on any atom is -0.445 e. The van der Waals surface area contributed by atoms with Gasteiger partial charge in [-0.15, -0.1) is 0 Å². The number of amides is 4. The Morgan fingerprint density at radius 3 is 2.17 bits per heavy atom. The summed E-state index contributed by atoms with van der Waals surface area (Å²) in [5, 5.41) is 7.89. The van der Waals surface area contributed by atoms with Crippen LogP contribution < -0.4 is 16.0 Å². The minimum atomic E-state index is -4.73. The van der Waals surface area contributed by atoms with Crippen molar-refractivity contribution in [2.75, 3.05) is 6.54 Å². The fourth-order valence-electron chi connectivity index (χ4n) is 5.48. The summed E-state index contributed by atoms with van der Waals surface area (Å²) < 4.78 is 17.7. The number of ether oxygens (including phenoxy) is 1. The normalized spacial score (nSPS) is 16.5. The van der Waals surface area contributed by atoms with Crippen LogP contribution in [0, 0.1) is 5.92 Å². The lowest BCUT2D eigenvalue weighted by atomic mass is 10.0. The molecule has 2 heterocycles. The van der Waals surface area contributed by atoms with Crippen LogP contribution in [0.25, 0.3) is 0 Å². The molecule has 0 saturated carbocycles. The zero-order valence-electron chi connectivity index (χ0n) is 27.0. The molecule has 1 aliphatic heterocycles. The number of hydrogen-bond donors (Lipinski definition) is 6. The summed E-state index contributed by atoms with van der Waals surface area (Å²) in [7, 11) is -4.73. The number of nitrogens with zero attached hydrogens (tertiary/aromatic N) is 2. The van der Waals surface area contributed by atoms with Crippen molar-refractivity contribution in [3.63, 3.8) is 0 Å². The molecule has 1 unspecified atom stereocenters. The van der Waals surface area contributed by atoms with Gasteiger partial charge in [-0.1, -0.05) is 74.5 Å². The first-order valence-corrected chi connectivity index (χ1v) is 17.5. The number of benzene rings is 2. The molecular weight excluding hydrogens is 639 g/mol. The fourth-order valence-corrected chi connectivity index (χ4v) is 6.47. The van der Waals surface area contributed by atoms with E-state index < -0.39 is 55.3 Å². The molecular formula is C33H43N6O8P. The van der Waals surface area contributed by atoms with Gasteiger partial charge in [0.05, 0.1) is 6.33 Å². The third kappa shape index (κ3) is 10.8. The molecule has 48 heavy (non-hydrogen) atoms. The monoisotopic (exact) mass is 682 g/mol. The highest BCUT2D eigenvalue weighted by molar-refractivity contribution is 7.52. The Kier molecular flexibility index (Phi) is 12.9. The summed E-state index contributed by atoms with van der Waals surface area (Å²) in [4.78, 5) is 82.0. The van der Waals surface area contributed by atoms with Crippen LogP contribution in [0.3, 0.4) is 0 Å². The summed E-state index contributed by atoms with van der Waals surface area (Å²) in [6.07, 6.45) is 3.18.